The normalized spacial score (nSPS) is 15.1. The molecule has 2 aromatic carbocycles. The van der Waals surface area contributed by atoms with E-state index in [1.807, 2.05) is 47.4 Å². The van der Waals surface area contributed by atoms with Gasteiger partial charge in [-0.15, -0.1) is 0 Å². The zero-order valence-corrected chi connectivity index (χ0v) is 14.2. The zero-order valence-electron chi connectivity index (χ0n) is 14.2. The standard InChI is InChI=1S/C21H18N2O3/c24-21(17-4-2-6-19-16(17)8-14-25-19)23-11-9-22(10-12-23)18-5-1-3-15-7-13-26-20(15)18/h1-8,13-14H,9-12H2. The highest BCUT2D eigenvalue weighted by molar-refractivity contribution is 6.06. The summed E-state index contributed by atoms with van der Waals surface area (Å²) in [5.74, 6) is 0.0628. The molecule has 0 radical (unpaired) electrons. The van der Waals surface area contributed by atoms with E-state index in [0.29, 0.717) is 18.7 Å². The van der Waals surface area contributed by atoms with Crippen LogP contribution in [0.15, 0.2) is 69.9 Å². The molecule has 0 atom stereocenters. The summed E-state index contributed by atoms with van der Waals surface area (Å²) in [6.45, 7) is 2.94. The first-order valence-corrected chi connectivity index (χ1v) is 8.78. The Balaban J connectivity index is 1.36. The van der Waals surface area contributed by atoms with Gasteiger partial charge in [0.15, 0.2) is 5.58 Å². The lowest BCUT2D eigenvalue weighted by molar-refractivity contribution is 0.0749. The maximum Gasteiger partial charge on any atom is 0.254 e. The average Bonchev–Trinajstić information content (AvgIpc) is 3.36. The highest BCUT2D eigenvalue weighted by Gasteiger charge is 2.25. The van der Waals surface area contributed by atoms with Gasteiger partial charge in [0.25, 0.3) is 5.91 Å². The van der Waals surface area contributed by atoms with Gasteiger partial charge in [0.2, 0.25) is 0 Å². The lowest BCUT2D eigenvalue weighted by Gasteiger charge is -2.36. The van der Waals surface area contributed by atoms with Crippen LogP contribution in [0.25, 0.3) is 21.9 Å². The number of hydrogen-bond acceptors (Lipinski definition) is 4. The Bertz CT molecular complexity index is 1090. The van der Waals surface area contributed by atoms with Crippen LogP contribution in [0.2, 0.25) is 0 Å². The van der Waals surface area contributed by atoms with Gasteiger partial charge in [-0.3, -0.25) is 4.79 Å². The number of para-hydroxylation sites is 1. The molecule has 3 heterocycles. The van der Waals surface area contributed by atoms with Crippen LogP contribution in [0.5, 0.6) is 0 Å². The van der Waals surface area contributed by atoms with Crippen LogP contribution >= 0.6 is 0 Å². The molecule has 0 spiro atoms. The molecule has 0 bridgehead atoms. The van der Waals surface area contributed by atoms with Crippen molar-refractivity contribution in [2.75, 3.05) is 31.1 Å². The van der Waals surface area contributed by atoms with Crippen molar-refractivity contribution >= 4 is 33.5 Å². The van der Waals surface area contributed by atoms with Gasteiger partial charge in [-0.25, -0.2) is 0 Å². The van der Waals surface area contributed by atoms with E-state index in [1.54, 1.807) is 12.5 Å². The van der Waals surface area contributed by atoms with E-state index in [4.69, 9.17) is 8.83 Å². The minimum atomic E-state index is 0.0628. The molecule has 0 saturated carbocycles. The van der Waals surface area contributed by atoms with Gasteiger partial charge in [-0.2, -0.15) is 0 Å². The largest absolute Gasteiger partial charge is 0.464 e. The predicted molar refractivity (Wildman–Crippen MR) is 101 cm³/mol. The highest BCUT2D eigenvalue weighted by atomic mass is 16.3. The molecule has 4 aromatic rings. The molecule has 1 aliphatic heterocycles. The number of piperazine rings is 1. The molecule has 1 aliphatic rings. The van der Waals surface area contributed by atoms with Crippen molar-refractivity contribution < 1.29 is 13.6 Å². The molecule has 1 fully saturated rings. The number of hydrogen-bond donors (Lipinski definition) is 0. The van der Waals surface area contributed by atoms with Crippen molar-refractivity contribution in [1.29, 1.82) is 0 Å². The monoisotopic (exact) mass is 346 g/mol. The molecule has 5 heteroatoms. The van der Waals surface area contributed by atoms with Gasteiger partial charge in [0.05, 0.1) is 23.8 Å². The molecule has 0 unspecified atom stereocenters. The Labute approximate surface area is 150 Å². The summed E-state index contributed by atoms with van der Waals surface area (Å²) in [6, 6.07) is 15.6. The van der Waals surface area contributed by atoms with E-state index in [9.17, 15) is 4.79 Å². The van der Waals surface area contributed by atoms with Gasteiger partial charge in [-0.1, -0.05) is 18.2 Å². The first-order chi connectivity index (χ1) is 12.8. The van der Waals surface area contributed by atoms with Crippen LogP contribution in [-0.4, -0.2) is 37.0 Å². The molecular weight excluding hydrogens is 328 g/mol. The van der Waals surface area contributed by atoms with E-state index in [-0.39, 0.29) is 5.91 Å². The fourth-order valence-corrected chi connectivity index (χ4v) is 3.73. The maximum absolute atomic E-state index is 13.0. The number of nitrogens with zero attached hydrogens (tertiary/aromatic N) is 2. The van der Waals surface area contributed by atoms with Crippen molar-refractivity contribution in [3.63, 3.8) is 0 Å². The van der Waals surface area contributed by atoms with E-state index in [2.05, 4.69) is 11.0 Å². The van der Waals surface area contributed by atoms with Gasteiger partial charge in [-0.05, 0) is 30.3 Å². The van der Waals surface area contributed by atoms with Crippen molar-refractivity contribution in [3.05, 3.63) is 66.6 Å². The number of amides is 1. The Morgan fingerprint density at radius 2 is 1.65 bits per heavy atom. The second-order valence-corrected chi connectivity index (χ2v) is 6.53. The third-order valence-corrected chi connectivity index (χ3v) is 5.09. The molecule has 2 aromatic heterocycles. The van der Waals surface area contributed by atoms with Crippen LogP contribution < -0.4 is 4.90 Å². The van der Waals surface area contributed by atoms with Gasteiger partial charge in [0, 0.05) is 37.0 Å². The molecular formula is C21H18N2O3. The fraction of sp³-hybridized carbons (Fsp3) is 0.190. The maximum atomic E-state index is 13.0. The molecule has 1 amide bonds. The number of benzene rings is 2. The van der Waals surface area contributed by atoms with Crippen LogP contribution in [0.3, 0.4) is 0 Å². The van der Waals surface area contributed by atoms with Crippen LogP contribution in [-0.2, 0) is 0 Å². The number of carbonyl (C=O) groups is 1. The van der Waals surface area contributed by atoms with Gasteiger partial charge < -0.3 is 18.6 Å². The minimum absolute atomic E-state index is 0.0628. The number of fused-ring (bicyclic) bond motifs is 2. The zero-order chi connectivity index (χ0) is 17.5. The van der Waals surface area contributed by atoms with Crippen molar-refractivity contribution in [1.82, 2.24) is 4.90 Å². The molecule has 130 valence electrons. The summed E-state index contributed by atoms with van der Waals surface area (Å²) in [5.41, 5.74) is 3.46. The second-order valence-electron chi connectivity index (χ2n) is 6.53. The Morgan fingerprint density at radius 1 is 0.846 bits per heavy atom. The number of furan rings is 2. The average molecular weight is 346 g/mol. The Morgan fingerprint density at radius 3 is 2.54 bits per heavy atom. The van der Waals surface area contributed by atoms with Crippen molar-refractivity contribution in [2.45, 2.75) is 0 Å². The summed E-state index contributed by atoms with van der Waals surface area (Å²) >= 11 is 0. The topological polar surface area (TPSA) is 49.8 Å². The third kappa shape index (κ3) is 2.36. The third-order valence-electron chi connectivity index (χ3n) is 5.09. The quantitative estimate of drug-likeness (QED) is 0.547. The Hall–Kier alpha value is -3.21. The van der Waals surface area contributed by atoms with E-state index >= 15 is 0 Å². The molecule has 0 N–H and O–H groups in total. The lowest BCUT2D eigenvalue weighted by atomic mass is 10.1. The summed E-state index contributed by atoms with van der Waals surface area (Å²) in [5, 5.41) is 1.98. The molecule has 1 saturated heterocycles. The molecule has 0 aliphatic carbocycles. The van der Waals surface area contributed by atoms with Crippen molar-refractivity contribution in [2.24, 2.45) is 0 Å². The number of carbonyl (C=O) groups excluding carboxylic acids is 1. The van der Waals surface area contributed by atoms with Gasteiger partial charge >= 0.3 is 0 Å². The van der Waals surface area contributed by atoms with Crippen molar-refractivity contribution in [3.8, 4) is 0 Å². The van der Waals surface area contributed by atoms with E-state index < -0.39 is 0 Å². The summed E-state index contributed by atoms with van der Waals surface area (Å²) in [4.78, 5) is 17.2. The van der Waals surface area contributed by atoms with E-state index in [0.717, 1.165) is 40.7 Å². The summed E-state index contributed by atoms with van der Waals surface area (Å²) < 4.78 is 11.1. The molecule has 5 nitrogen and oxygen atoms in total. The van der Waals surface area contributed by atoms with Gasteiger partial charge in [0.1, 0.15) is 5.58 Å². The SMILES string of the molecule is O=C(c1cccc2occc12)N1CCN(c2cccc3ccoc23)CC1. The molecule has 26 heavy (non-hydrogen) atoms. The predicted octanol–water partition coefficient (Wildman–Crippen LogP) is 4.14. The summed E-state index contributed by atoms with van der Waals surface area (Å²) in [7, 11) is 0. The first kappa shape index (κ1) is 15.1. The number of anilines is 1. The summed E-state index contributed by atoms with van der Waals surface area (Å²) in [6.07, 6.45) is 3.35. The Kier molecular flexibility index (Phi) is 3.45. The first-order valence-electron chi connectivity index (χ1n) is 8.78. The lowest BCUT2D eigenvalue weighted by Crippen LogP contribution is -2.48. The van der Waals surface area contributed by atoms with E-state index in [1.165, 1.54) is 0 Å². The fourth-order valence-electron chi connectivity index (χ4n) is 3.73. The smallest absolute Gasteiger partial charge is 0.254 e. The van der Waals surface area contributed by atoms with Crippen LogP contribution in [0.1, 0.15) is 10.4 Å². The van der Waals surface area contributed by atoms with Crippen LogP contribution in [0, 0.1) is 0 Å². The second kappa shape index (κ2) is 5.95. The highest BCUT2D eigenvalue weighted by Crippen LogP contribution is 2.29. The molecule has 5 rings (SSSR count). The van der Waals surface area contributed by atoms with Crippen LogP contribution in [0.4, 0.5) is 5.69 Å². The minimum Gasteiger partial charge on any atom is -0.464 e. The number of rotatable bonds is 2.